The second-order valence-corrected chi connectivity index (χ2v) is 5.07. The van der Waals surface area contributed by atoms with Crippen molar-refractivity contribution in [2.75, 3.05) is 12.4 Å². The lowest BCUT2D eigenvalue weighted by Gasteiger charge is -2.18. The van der Waals surface area contributed by atoms with Gasteiger partial charge in [-0.2, -0.15) is 0 Å². The summed E-state index contributed by atoms with van der Waals surface area (Å²) in [5.41, 5.74) is 3.74. The van der Waals surface area contributed by atoms with Crippen LogP contribution in [0.4, 0.5) is 5.69 Å². The third kappa shape index (κ3) is 3.54. The van der Waals surface area contributed by atoms with Gasteiger partial charge >= 0.3 is 0 Å². The largest absolute Gasteiger partial charge is 0.508 e. The second-order valence-electron chi connectivity index (χ2n) is 5.07. The molecule has 0 spiro atoms. The highest BCUT2D eigenvalue weighted by molar-refractivity contribution is 5.94. The lowest BCUT2D eigenvalue weighted by molar-refractivity contribution is 0.0963. The molecule has 4 heteroatoms. The molecular weight excluding hydrogens is 264 g/mol. The van der Waals surface area contributed by atoms with Crippen molar-refractivity contribution in [2.45, 2.75) is 19.9 Å². The second kappa shape index (κ2) is 6.31. The van der Waals surface area contributed by atoms with Crippen LogP contribution < -0.4 is 10.6 Å². The van der Waals surface area contributed by atoms with Gasteiger partial charge in [-0.1, -0.05) is 12.1 Å². The van der Waals surface area contributed by atoms with E-state index in [1.165, 1.54) is 0 Å². The molecule has 1 atom stereocenters. The maximum Gasteiger partial charge on any atom is 0.251 e. The van der Waals surface area contributed by atoms with Gasteiger partial charge in [0.1, 0.15) is 5.75 Å². The average molecular weight is 284 g/mol. The standard InChI is InChI=1S/C17H20N2O2/c1-11-10-14(17(21)18-3)6-9-16(11)19-12(2)13-4-7-15(20)8-5-13/h4-10,12,19-20H,1-3H3,(H,18,21). The zero-order valence-corrected chi connectivity index (χ0v) is 12.5. The molecule has 0 bridgehead atoms. The number of rotatable bonds is 4. The van der Waals surface area contributed by atoms with E-state index in [0.717, 1.165) is 16.8 Å². The fourth-order valence-corrected chi connectivity index (χ4v) is 2.19. The van der Waals surface area contributed by atoms with Crippen molar-refractivity contribution in [3.63, 3.8) is 0 Å². The number of nitrogens with one attached hydrogen (secondary N) is 2. The minimum absolute atomic E-state index is 0.0868. The Bertz CT molecular complexity index is 636. The molecule has 0 fully saturated rings. The summed E-state index contributed by atoms with van der Waals surface area (Å²) in [5, 5.41) is 15.4. The van der Waals surface area contributed by atoms with Crippen molar-refractivity contribution < 1.29 is 9.90 Å². The van der Waals surface area contributed by atoms with Gasteiger partial charge in [0.25, 0.3) is 5.91 Å². The fourth-order valence-electron chi connectivity index (χ4n) is 2.19. The summed E-state index contributed by atoms with van der Waals surface area (Å²) in [7, 11) is 1.62. The molecule has 2 aromatic carbocycles. The minimum atomic E-state index is -0.0868. The smallest absolute Gasteiger partial charge is 0.251 e. The van der Waals surface area contributed by atoms with E-state index in [2.05, 4.69) is 17.6 Å². The number of phenols is 1. The number of anilines is 1. The lowest BCUT2D eigenvalue weighted by Crippen LogP contribution is -2.18. The molecule has 2 aromatic rings. The lowest BCUT2D eigenvalue weighted by atomic mass is 10.1. The molecule has 1 unspecified atom stereocenters. The first kappa shape index (κ1) is 14.9. The van der Waals surface area contributed by atoms with Crippen LogP contribution in [-0.4, -0.2) is 18.1 Å². The van der Waals surface area contributed by atoms with Crippen molar-refractivity contribution in [3.05, 3.63) is 59.2 Å². The van der Waals surface area contributed by atoms with Crippen molar-refractivity contribution in [2.24, 2.45) is 0 Å². The topological polar surface area (TPSA) is 61.4 Å². The van der Waals surface area contributed by atoms with Gasteiger partial charge in [-0.15, -0.1) is 0 Å². The molecule has 0 saturated heterocycles. The minimum Gasteiger partial charge on any atom is -0.508 e. The Kier molecular flexibility index (Phi) is 4.48. The molecule has 1 amide bonds. The maximum absolute atomic E-state index is 11.6. The van der Waals surface area contributed by atoms with Crippen LogP contribution in [0.5, 0.6) is 5.75 Å². The summed E-state index contributed by atoms with van der Waals surface area (Å²) in [4.78, 5) is 11.6. The number of benzene rings is 2. The molecule has 110 valence electrons. The summed E-state index contributed by atoms with van der Waals surface area (Å²) in [6, 6.07) is 12.8. The van der Waals surface area contributed by atoms with E-state index in [1.807, 2.05) is 31.2 Å². The van der Waals surface area contributed by atoms with Crippen LogP contribution in [0.25, 0.3) is 0 Å². The Morgan fingerprint density at radius 3 is 2.38 bits per heavy atom. The number of carbonyl (C=O) groups excluding carboxylic acids is 1. The van der Waals surface area contributed by atoms with Crippen LogP contribution in [0.3, 0.4) is 0 Å². The molecule has 0 radical (unpaired) electrons. The van der Waals surface area contributed by atoms with E-state index in [0.29, 0.717) is 5.56 Å². The monoisotopic (exact) mass is 284 g/mol. The molecule has 0 saturated carbocycles. The molecule has 0 aliphatic carbocycles. The number of carbonyl (C=O) groups is 1. The van der Waals surface area contributed by atoms with Crippen molar-refractivity contribution in [3.8, 4) is 5.75 Å². The van der Waals surface area contributed by atoms with E-state index in [-0.39, 0.29) is 17.7 Å². The molecule has 0 heterocycles. The quantitative estimate of drug-likeness (QED) is 0.807. The molecule has 2 rings (SSSR count). The van der Waals surface area contributed by atoms with Crippen LogP contribution in [0, 0.1) is 6.92 Å². The molecule has 4 nitrogen and oxygen atoms in total. The Morgan fingerprint density at radius 2 is 1.81 bits per heavy atom. The summed E-state index contributed by atoms with van der Waals surface area (Å²) in [5.74, 6) is 0.174. The highest BCUT2D eigenvalue weighted by atomic mass is 16.3. The molecule has 0 aromatic heterocycles. The van der Waals surface area contributed by atoms with Crippen LogP contribution in [-0.2, 0) is 0 Å². The van der Waals surface area contributed by atoms with Crippen LogP contribution in [0.2, 0.25) is 0 Å². The number of phenolic OH excluding ortho intramolecular Hbond substituents is 1. The van der Waals surface area contributed by atoms with E-state index in [1.54, 1.807) is 25.2 Å². The zero-order chi connectivity index (χ0) is 15.4. The fraction of sp³-hybridized carbons (Fsp3) is 0.235. The first-order chi connectivity index (χ1) is 10.0. The number of hydrogen-bond acceptors (Lipinski definition) is 3. The van der Waals surface area contributed by atoms with E-state index >= 15 is 0 Å². The Morgan fingerprint density at radius 1 is 1.14 bits per heavy atom. The number of hydrogen-bond donors (Lipinski definition) is 3. The first-order valence-electron chi connectivity index (χ1n) is 6.89. The number of aryl methyl sites for hydroxylation is 1. The summed E-state index contributed by atoms with van der Waals surface area (Å²) < 4.78 is 0. The summed E-state index contributed by atoms with van der Waals surface area (Å²) >= 11 is 0. The van der Waals surface area contributed by atoms with Gasteiger partial charge < -0.3 is 15.7 Å². The van der Waals surface area contributed by atoms with Gasteiger partial charge in [0.05, 0.1) is 0 Å². The van der Waals surface area contributed by atoms with Gasteiger partial charge in [-0.25, -0.2) is 0 Å². The summed E-state index contributed by atoms with van der Waals surface area (Å²) in [6.07, 6.45) is 0. The molecule has 0 aliphatic heterocycles. The van der Waals surface area contributed by atoms with E-state index < -0.39 is 0 Å². The van der Waals surface area contributed by atoms with Gasteiger partial charge in [0.15, 0.2) is 0 Å². The first-order valence-corrected chi connectivity index (χ1v) is 6.89. The number of aromatic hydroxyl groups is 1. The average Bonchev–Trinajstić information content (AvgIpc) is 2.49. The SMILES string of the molecule is CNC(=O)c1ccc(NC(C)c2ccc(O)cc2)c(C)c1. The maximum atomic E-state index is 11.6. The van der Waals surface area contributed by atoms with Gasteiger partial charge in [0, 0.05) is 24.3 Å². The van der Waals surface area contributed by atoms with E-state index in [9.17, 15) is 9.90 Å². The summed E-state index contributed by atoms with van der Waals surface area (Å²) in [6.45, 7) is 4.02. The predicted molar refractivity (Wildman–Crippen MR) is 84.7 cm³/mol. The Hall–Kier alpha value is -2.49. The predicted octanol–water partition coefficient (Wildman–Crippen LogP) is 3.23. The van der Waals surface area contributed by atoms with Crippen molar-refractivity contribution >= 4 is 11.6 Å². The third-order valence-corrected chi connectivity index (χ3v) is 3.48. The van der Waals surface area contributed by atoms with Crippen LogP contribution in [0.15, 0.2) is 42.5 Å². The van der Waals surface area contributed by atoms with Crippen molar-refractivity contribution in [1.82, 2.24) is 5.32 Å². The van der Waals surface area contributed by atoms with Crippen LogP contribution in [0.1, 0.15) is 34.5 Å². The van der Waals surface area contributed by atoms with Crippen molar-refractivity contribution in [1.29, 1.82) is 0 Å². The van der Waals surface area contributed by atoms with Gasteiger partial charge in [-0.3, -0.25) is 4.79 Å². The molecule has 3 N–H and O–H groups in total. The van der Waals surface area contributed by atoms with Gasteiger partial charge in [0.2, 0.25) is 0 Å². The molecular formula is C17H20N2O2. The highest BCUT2D eigenvalue weighted by Gasteiger charge is 2.09. The van der Waals surface area contributed by atoms with E-state index in [4.69, 9.17) is 0 Å². The molecule has 21 heavy (non-hydrogen) atoms. The number of amides is 1. The third-order valence-electron chi connectivity index (χ3n) is 3.48. The normalized spacial score (nSPS) is 11.8. The van der Waals surface area contributed by atoms with Gasteiger partial charge in [-0.05, 0) is 55.3 Å². The van der Waals surface area contributed by atoms with Crippen LogP contribution >= 0.6 is 0 Å². The Balaban J connectivity index is 2.15. The highest BCUT2D eigenvalue weighted by Crippen LogP contribution is 2.24. The Labute approximate surface area is 124 Å². The molecule has 0 aliphatic rings. The zero-order valence-electron chi connectivity index (χ0n) is 12.5.